The van der Waals surface area contributed by atoms with Crippen LogP contribution in [0.15, 0.2) is 60.7 Å². The Morgan fingerprint density at radius 3 is 2.38 bits per heavy atom. The van der Waals surface area contributed by atoms with Crippen LogP contribution in [0.3, 0.4) is 0 Å². The van der Waals surface area contributed by atoms with Crippen molar-refractivity contribution in [2.75, 3.05) is 0 Å². The minimum Gasteiger partial charge on any atom is -0.404 e. The van der Waals surface area contributed by atoms with Crippen molar-refractivity contribution in [3.05, 3.63) is 71.8 Å². The van der Waals surface area contributed by atoms with E-state index in [0.717, 1.165) is 5.56 Å². The molecule has 2 aromatic carbocycles. The first-order chi connectivity index (χ1) is 21.4. The molecular formula is C30H36N5O9P. The van der Waals surface area contributed by atoms with Crippen LogP contribution in [-0.2, 0) is 35.1 Å². The minimum atomic E-state index is -4.69. The Labute approximate surface area is 259 Å². The topological polar surface area (TPSA) is 217 Å². The number of nitrogens with one attached hydrogen (secondary N) is 3. The van der Waals surface area contributed by atoms with Gasteiger partial charge in [-0.25, -0.2) is 4.57 Å². The molecule has 0 saturated carbocycles. The predicted octanol–water partition coefficient (Wildman–Crippen LogP) is 0.876. The van der Waals surface area contributed by atoms with Gasteiger partial charge in [0.25, 0.3) is 0 Å². The molecule has 4 atom stereocenters. The number of amides is 5. The standard InChI is InChI=1S/C30H36N5O9P/c31-26(36)16-14-23(28(38)32-18-20-4-2-1-3-5-20)34-29(39)25-15-10-21-9-13-24(30(40)35(21)25)33-27(37)17-8-19-6-11-22(12-7-19)44-45(41,42)43/h1-8,11-12,17,21,23-25H,9-10,13-16,18H2,(H2,31,36)(H,32,38)(H,33,37)(H,34,39)(H2,41,42,43)/b17-8+/t21-,23+,24+,25+/m1/s1. The van der Waals surface area contributed by atoms with Crippen LogP contribution in [0.1, 0.15) is 49.7 Å². The molecular weight excluding hydrogens is 605 g/mol. The van der Waals surface area contributed by atoms with Gasteiger partial charge in [0.15, 0.2) is 0 Å². The molecule has 2 aromatic rings. The third-order valence-corrected chi connectivity index (χ3v) is 8.06. The summed E-state index contributed by atoms with van der Waals surface area (Å²) in [5.74, 6) is -2.59. The second-order valence-corrected chi connectivity index (χ2v) is 12.0. The number of rotatable bonds is 13. The first-order valence-electron chi connectivity index (χ1n) is 14.5. The zero-order chi connectivity index (χ0) is 32.6. The van der Waals surface area contributed by atoms with Crippen LogP contribution < -0.4 is 26.2 Å². The molecule has 240 valence electrons. The normalized spacial score (nSPS) is 20.3. The highest BCUT2D eigenvalue weighted by Crippen LogP contribution is 2.37. The van der Waals surface area contributed by atoms with Crippen LogP contribution in [-0.4, -0.2) is 68.4 Å². The maximum Gasteiger partial charge on any atom is 0.524 e. The van der Waals surface area contributed by atoms with Gasteiger partial charge in [-0.2, -0.15) is 0 Å². The Balaban J connectivity index is 1.35. The van der Waals surface area contributed by atoms with E-state index in [9.17, 15) is 28.5 Å². The number of nitrogens with two attached hydrogens (primary N) is 1. The fraction of sp³-hybridized carbons (Fsp3) is 0.367. The van der Waals surface area contributed by atoms with Crippen LogP contribution >= 0.6 is 7.82 Å². The van der Waals surface area contributed by atoms with Crippen molar-refractivity contribution in [3.8, 4) is 5.75 Å². The molecule has 15 heteroatoms. The smallest absolute Gasteiger partial charge is 0.404 e. The highest BCUT2D eigenvalue weighted by atomic mass is 31.2. The summed E-state index contributed by atoms with van der Waals surface area (Å²) in [5, 5.41) is 8.17. The average molecular weight is 642 g/mol. The lowest BCUT2D eigenvalue weighted by Gasteiger charge is -2.38. The fourth-order valence-electron chi connectivity index (χ4n) is 5.45. The zero-order valence-corrected chi connectivity index (χ0v) is 25.2. The molecule has 0 unspecified atom stereocenters. The highest BCUT2D eigenvalue weighted by Gasteiger charge is 2.46. The second-order valence-electron chi connectivity index (χ2n) is 10.9. The molecule has 2 aliphatic heterocycles. The van der Waals surface area contributed by atoms with Crippen LogP contribution in [0, 0.1) is 0 Å². The lowest BCUT2D eigenvalue weighted by atomic mass is 9.98. The maximum atomic E-state index is 13.5. The van der Waals surface area contributed by atoms with Crippen LogP contribution in [0.5, 0.6) is 5.75 Å². The summed E-state index contributed by atoms with van der Waals surface area (Å²) in [5.41, 5.74) is 6.70. The van der Waals surface area contributed by atoms with E-state index >= 15 is 0 Å². The molecule has 5 amide bonds. The second kappa shape index (κ2) is 15.0. The van der Waals surface area contributed by atoms with Gasteiger partial charge >= 0.3 is 7.82 Å². The number of hydrogen-bond donors (Lipinski definition) is 6. The summed E-state index contributed by atoms with van der Waals surface area (Å²) >= 11 is 0. The van der Waals surface area contributed by atoms with E-state index in [4.69, 9.17) is 15.5 Å². The third kappa shape index (κ3) is 9.73. The van der Waals surface area contributed by atoms with Crippen molar-refractivity contribution in [2.24, 2.45) is 5.73 Å². The van der Waals surface area contributed by atoms with Gasteiger partial charge in [0.1, 0.15) is 23.9 Å². The van der Waals surface area contributed by atoms with Gasteiger partial charge in [0, 0.05) is 25.1 Å². The monoisotopic (exact) mass is 641 g/mol. The van der Waals surface area contributed by atoms with Crippen LogP contribution in [0.2, 0.25) is 0 Å². The van der Waals surface area contributed by atoms with Crippen molar-refractivity contribution in [2.45, 2.75) is 69.2 Å². The summed E-state index contributed by atoms with van der Waals surface area (Å²) < 4.78 is 15.4. The van der Waals surface area contributed by atoms with Crippen molar-refractivity contribution in [1.82, 2.24) is 20.9 Å². The van der Waals surface area contributed by atoms with Gasteiger partial charge in [0.2, 0.25) is 29.5 Å². The Bertz CT molecular complexity index is 1480. The molecule has 0 aliphatic carbocycles. The fourth-order valence-corrected chi connectivity index (χ4v) is 5.85. The quantitative estimate of drug-likeness (QED) is 0.135. The van der Waals surface area contributed by atoms with Crippen molar-refractivity contribution in [1.29, 1.82) is 0 Å². The molecule has 2 aliphatic rings. The van der Waals surface area contributed by atoms with Crippen molar-refractivity contribution >= 4 is 43.4 Å². The largest absolute Gasteiger partial charge is 0.524 e. The van der Waals surface area contributed by atoms with Gasteiger partial charge in [-0.3, -0.25) is 33.8 Å². The van der Waals surface area contributed by atoms with E-state index in [1.165, 1.54) is 41.3 Å². The number of benzene rings is 2. The van der Waals surface area contributed by atoms with Gasteiger partial charge in [0.05, 0.1) is 0 Å². The van der Waals surface area contributed by atoms with Gasteiger partial charge in [-0.05, 0) is 61.4 Å². The van der Waals surface area contributed by atoms with E-state index in [0.29, 0.717) is 31.2 Å². The van der Waals surface area contributed by atoms with E-state index < -0.39 is 55.5 Å². The third-order valence-electron chi connectivity index (χ3n) is 7.62. The minimum absolute atomic E-state index is 0.00374. The molecule has 2 saturated heterocycles. The van der Waals surface area contributed by atoms with Gasteiger partial charge in [-0.15, -0.1) is 0 Å². The lowest BCUT2D eigenvalue weighted by Crippen LogP contribution is -2.60. The number of phosphoric acid groups is 1. The number of primary amides is 1. The molecule has 0 aromatic heterocycles. The number of carbonyl (C=O) groups is 5. The number of phosphoric ester groups is 1. The number of carbonyl (C=O) groups excluding carboxylic acids is 5. The Kier molecular flexibility index (Phi) is 11.1. The van der Waals surface area contributed by atoms with Crippen molar-refractivity contribution < 1.29 is 42.8 Å². The van der Waals surface area contributed by atoms with Crippen LogP contribution in [0.25, 0.3) is 6.08 Å². The molecule has 2 fully saturated rings. The Morgan fingerprint density at radius 2 is 1.71 bits per heavy atom. The van der Waals surface area contributed by atoms with E-state index in [1.807, 2.05) is 30.3 Å². The van der Waals surface area contributed by atoms with Crippen LogP contribution in [0.4, 0.5) is 0 Å². The number of nitrogens with zero attached hydrogens (tertiary/aromatic N) is 1. The summed E-state index contributed by atoms with van der Waals surface area (Å²) in [6, 6.07) is 12.0. The predicted molar refractivity (Wildman–Crippen MR) is 162 cm³/mol. The Hall–Kier alpha value is -4.52. The van der Waals surface area contributed by atoms with E-state index in [2.05, 4.69) is 20.5 Å². The highest BCUT2D eigenvalue weighted by molar-refractivity contribution is 7.46. The summed E-state index contributed by atoms with van der Waals surface area (Å²) in [7, 11) is -4.69. The zero-order valence-electron chi connectivity index (χ0n) is 24.3. The lowest BCUT2D eigenvalue weighted by molar-refractivity contribution is -0.146. The molecule has 0 bridgehead atoms. The summed E-state index contributed by atoms with van der Waals surface area (Å²) in [4.78, 5) is 83.2. The molecule has 0 radical (unpaired) electrons. The molecule has 4 rings (SSSR count). The van der Waals surface area contributed by atoms with E-state index in [-0.39, 0.29) is 31.2 Å². The molecule has 2 heterocycles. The van der Waals surface area contributed by atoms with E-state index in [1.54, 1.807) is 0 Å². The average Bonchev–Trinajstić information content (AvgIpc) is 3.44. The van der Waals surface area contributed by atoms with Crippen molar-refractivity contribution in [3.63, 3.8) is 0 Å². The Morgan fingerprint density at radius 1 is 1.02 bits per heavy atom. The number of piperidine rings is 1. The SMILES string of the molecule is NC(=O)CC[C@H](NC(=O)[C@@H]1CC[C@H]2CC[C@H](NC(=O)/C=C/c3ccc(OP(=O)(O)O)cc3)C(=O)N21)C(=O)NCc1ccccc1. The first kappa shape index (κ1) is 33.4. The summed E-state index contributed by atoms with van der Waals surface area (Å²) in [6.07, 6.45) is 4.52. The first-order valence-corrected chi connectivity index (χ1v) is 16.0. The number of hydrogen-bond acceptors (Lipinski definition) is 7. The molecule has 0 spiro atoms. The van der Waals surface area contributed by atoms with Gasteiger partial charge in [-0.1, -0.05) is 42.5 Å². The molecule has 14 nitrogen and oxygen atoms in total. The summed E-state index contributed by atoms with van der Waals surface area (Å²) in [6.45, 7) is 0.227. The molecule has 7 N–H and O–H groups in total. The maximum absolute atomic E-state index is 13.5. The molecule has 45 heavy (non-hydrogen) atoms. The van der Waals surface area contributed by atoms with Gasteiger partial charge < -0.3 is 31.1 Å². The number of fused-ring (bicyclic) bond motifs is 1.